The van der Waals surface area contributed by atoms with Crippen LogP contribution in [0.5, 0.6) is 5.75 Å². The Kier molecular flexibility index (Phi) is 5.51. The Hall–Kier alpha value is -3.86. The van der Waals surface area contributed by atoms with Gasteiger partial charge in [0.15, 0.2) is 5.75 Å². The first-order valence-electron chi connectivity index (χ1n) is 10.5. The highest BCUT2D eigenvalue weighted by Gasteiger charge is 2.24. The molecule has 0 aliphatic rings. The Morgan fingerprint density at radius 3 is 2.37 bits per heavy atom. The maximum atomic E-state index is 12.3. The number of rotatable bonds is 4. The molecule has 10 heteroatoms. The van der Waals surface area contributed by atoms with Gasteiger partial charge in [0, 0.05) is 22.0 Å². The second-order valence-corrected chi connectivity index (χ2v) is 10.6. The Balaban J connectivity index is 1.73. The molecule has 0 amide bonds. The Morgan fingerprint density at radius 2 is 1.69 bits per heavy atom. The molecular formula is C25H20N4O4S2. The van der Waals surface area contributed by atoms with Crippen molar-refractivity contribution in [3.05, 3.63) is 71.8 Å². The summed E-state index contributed by atoms with van der Waals surface area (Å²) in [4.78, 5) is 4.11. The van der Waals surface area contributed by atoms with Gasteiger partial charge < -0.3 is 10.8 Å². The summed E-state index contributed by atoms with van der Waals surface area (Å²) in [5, 5.41) is 20.7. The SMILES string of the molecule is Cc1ccc(N=Nc2c(S(=O)(=O)O)cc3c(ccc4nc(-c5ccc(N)cc5)sc43)c2O)c(C)c1. The van der Waals surface area contributed by atoms with Crippen LogP contribution in [-0.2, 0) is 10.1 Å². The van der Waals surface area contributed by atoms with E-state index in [1.54, 1.807) is 30.3 Å². The lowest BCUT2D eigenvalue weighted by Crippen LogP contribution is -1.99. The van der Waals surface area contributed by atoms with E-state index < -0.39 is 20.8 Å². The third-order valence-electron chi connectivity index (χ3n) is 5.63. The molecule has 0 spiro atoms. The van der Waals surface area contributed by atoms with Crippen molar-refractivity contribution in [3.8, 4) is 16.3 Å². The molecule has 1 aromatic heterocycles. The van der Waals surface area contributed by atoms with Crippen LogP contribution in [0.15, 0.2) is 75.8 Å². The summed E-state index contributed by atoms with van der Waals surface area (Å²) in [6.45, 7) is 3.79. The monoisotopic (exact) mass is 504 g/mol. The number of nitrogen functional groups attached to an aromatic ring is 1. The first-order chi connectivity index (χ1) is 16.6. The summed E-state index contributed by atoms with van der Waals surface area (Å²) in [5.41, 5.74) is 9.95. The van der Waals surface area contributed by atoms with Crippen molar-refractivity contribution in [2.45, 2.75) is 18.7 Å². The van der Waals surface area contributed by atoms with E-state index in [1.165, 1.54) is 17.4 Å². The zero-order chi connectivity index (χ0) is 24.9. The molecule has 4 N–H and O–H groups in total. The molecule has 0 saturated heterocycles. The van der Waals surface area contributed by atoms with Crippen LogP contribution >= 0.6 is 11.3 Å². The number of nitrogens with zero attached hydrogens (tertiary/aromatic N) is 3. The number of hydrogen-bond donors (Lipinski definition) is 3. The lowest BCUT2D eigenvalue weighted by molar-refractivity contribution is 0.472. The molecule has 0 unspecified atom stereocenters. The number of anilines is 1. The topological polar surface area (TPSA) is 138 Å². The van der Waals surface area contributed by atoms with E-state index in [2.05, 4.69) is 15.2 Å². The van der Waals surface area contributed by atoms with Gasteiger partial charge in [0.2, 0.25) is 0 Å². The van der Waals surface area contributed by atoms with Gasteiger partial charge in [0.05, 0.1) is 15.9 Å². The number of nitrogens with two attached hydrogens (primary N) is 1. The van der Waals surface area contributed by atoms with Crippen molar-refractivity contribution in [2.24, 2.45) is 10.2 Å². The van der Waals surface area contributed by atoms with E-state index in [0.717, 1.165) is 16.7 Å². The molecule has 0 aliphatic carbocycles. The lowest BCUT2D eigenvalue weighted by atomic mass is 10.1. The highest BCUT2D eigenvalue weighted by molar-refractivity contribution is 7.86. The summed E-state index contributed by atoms with van der Waals surface area (Å²) in [6, 6.07) is 17.4. The molecule has 35 heavy (non-hydrogen) atoms. The number of phenols is 1. The van der Waals surface area contributed by atoms with Gasteiger partial charge in [0.1, 0.15) is 15.6 Å². The third-order valence-corrected chi connectivity index (χ3v) is 7.65. The second kappa shape index (κ2) is 8.42. The number of fused-ring (bicyclic) bond motifs is 3. The fourth-order valence-electron chi connectivity index (χ4n) is 3.87. The van der Waals surface area contributed by atoms with Gasteiger partial charge in [-0.2, -0.15) is 13.5 Å². The number of aromatic hydroxyl groups is 1. The zero-order valence-electron chi connectivity index (χ0n) is 18.7. The predicted octanol–water partition coefficient (Wildman–Crippen LogP) is 6.68. The Bertz CT molecular complexity index is 1760. The Morgan fingerprint density at radius 1 is 0.943 bits per heavy atom. The van der Waals surface area contributed by atoms with E-state index in [-0.39, 0.29) is 5.69 Å². The average Bonchev–Trinajstić information content (AvgIpc) is 3.24. The van der Waals surface area contributed by atoms with E-state index in [9.17, 15) is 18.1 Å². The molecule has 5 rings (SSSR count). The molecule has 8 nitrogen and oxygen atoms in total. The summed E-state index contributed by atoms with van der Waals surface area (Å²) in [5.74, 6) is -0.395. The van der Waals surface area contributed by atoms with Gasteiger partial charge in [-0.1, -0.05) is 17.7 Å². The fourth-order valence-corrected chi connectivity index (χ4v) is 5.61. The van der Waals surface area contributed by atoms with Crippen molar-refractivity contribution in [3.63, 3.8) is 0 Å². The second-order valence-electron chi connectivity index (χ2n) is 8.19. The van der Waals surface area contributed by atoms with Crippen molar-refractivity contribution >= 4 is 59.5 Å². The van der Waals surface area contributed by atoms with Crippen molar-refractivity contribution in [1.29, 1.82) is 0 Å². The maximum absolute atomic E-state index is 12.3. The van der Waals surface area contributed by atoms with Gasteiger partial charge in [-0.15, -0.1) is 16.5 Å². The first kappa shape index (κ1) is 22.9. The first-order valence-corrected chi connectivity index (χ1v) is 12.8. The summed E-state index contributed by atoms with van der Waals surface area (Å²) < 4.78 is 35.2. The highest BCUT2D eigenvalue weighted by Crippen LogP contribution is 2.45. The van der Waals surface area contributed by atoms with Gasteiger partial charge >= 0.3 is 0 Å². The van der Waals surface area contributed by atoms with Crippen LogP contribution in [0.2, 0.25) is 0 Å². The number of aromatic nitrogens is 1. The van der Waals surface area contributed by atoms with Crippen molar-refractivity contribution < 1.29 is 18.1 Å². The quantitative estimate of drug-likeness (QED) is 0.142. The smallest absolute Gasteiger partial charge is 0.296 e. The minimum atomic E-state index is -4.73. The molecule has 0 fully saturated rings. The van der Waals surface area contributed by atoms with Crippen LogP contribution < -0.4 is 5.73 Å². The van der Waals surface area contributed by atoms with Crippen LogP contribution in [0, 0.1) is 13.8 Å². The molecule has 0 aliphatic heterocycles. The van der Waals surface area contributed by atoms with Gasteiger partial charge in [-0.3, -0.25) is 4.55 Å². The minimum absolute atomic E-state index is 0.331. The molecule has 0 saturated carbocycles. The van der Waals surface area contributed by atoms with Crippen LogP contribution in [0.25, 0.3) is 31.6 Å². The van der Waals surface area contributed by atoms with Gasteiger partial charge in [-0.05, 0) is 67.9 Å². The fraction of sp³-hybridized carbons (Fsp3) is 0.0800. The van der Waals surface area contributed by atoms with Gasteiger partial charge in [-0.25, -0.2) is 4.98 Å². The highest BCUT2D eigenvalue weighted by atomic mass is 32.2. The summed E-state index contributed by atoms with van der Waals surface area (Å²) in [7, 11) is -4.73. The standard InChI is InChI=1S/C25H20N4O4S2/c1-13-3-9-19(14(2)11-13)28-29-22-21(35(31,32)33)12-18-17(23(22)30)8-10-20-24(18)34-25(27-20)15-4-6-16(26)7-5-15/h3-12,30H,26H2,1-2H3,(H,31,32,33). The van der Waals surface area contributed by atoms with E-state index in [4.69, 9.17) is 5.73 Å². The molecule has 0 bridgehead atoms. The summed E-state index contributed by atoms with van der Waals surface area (Å²) >= 11 is 1.34. The maximum Gasteiger partial charge on any atom is 0.296 e. The molecule has 4 aromatic carbocycles. The number of thiazole rings is 1. The largest absolute Gasteiger partial charge is 0.505 e. The van der Waals surface area contributed by atoms with Crippen LogP contribution in [-0.4, -0.2) is 23.1 Å². The average molecular weight is 505 g/mol. The number of azo groups is 1. The van der Waals surface area contributed by atoms with Crippen LogP contribution in [0.3, 0.4) is 0 Å². The van der Waals surface area contributed by atoms with E-state index >= 15 is 0 Å². The van der Waals surface area contributed by atoms with E-state index in [0.29, 0.717) is 37.4 Å². The van der Waals surface area contributed by atoms with Crippen molar-refractivity contribution in [2.75, 3.05) is 5.73 Å². The zero-order valence-corrected chi connectivity index (χ0v) is 20.4. The van der Waals surface area contributed by atoms with Crippen LogP contribution in [0.1, 0.15) is 11.1 Å². The van der Waals surface area contributed by atoms with E-state index in [1.807, 2.05) is 38.1 Å². The normalized spacial score (nSPS) is 12.2. The van der Waals surface area contributed by atoms with Crippen molar-refractivity contribution in [1.82, 2.24) is 4.98 Å². The third kappa shape index (κ3) is 4.23. The summed E-state index contributed by atoms with van der Waals surface area (Å²) in [6.07, 6.45) is 0. The lowest BCUT2D eigenvalue weighted by Gasteiger charge is -2.09. The predicted molar refractivity (Wildman–Crippen MR) is 139 cm³/mol. The minimum Gasteiger partial charge on any atom is -0.505 e. The molecule has 0 atom stereocenters. The Labute approximate surface area is 205 Å². The number of hydrogen-bond acceptors (Lipinski definition) is 8. The van der Waals surface area contributed by atoms with Crippen LogP contribution in [0.4, 0.5) is 17.1 Å². The molecule has 1 heterocycles. The molecular weight excluding hydrogens is 484 g/mol. The number of phenolic OH excluding ortho intramolecular Hbond substituents is 1. The van der Waals surface area contributed by atoms with Gasteiger partial charge in [0.25, 0.3) is 10.1 Å². The molecule has 0 radical (unpaired) electrons. The molecule has 176 valence electrons. The molecule has 5 aromatic rings. The number of aryl methyl sites for hydroxylation is 2. The number of benzene rings is 4.